The van der Waals surface area contributed by atoms with Gasteiger partial charge in [-0.1, -0.05) is 18.2 Å². The van der Waals surface area contributed by atoms with Gasteiger partial charge in [-0.25, -0.2) is 9.50 Å². The Balaban J connectivity index is 1.80. The van der Waals surface area contributed by atoms with Gasteiger partial charge >= 0.3 is 0 Å². The number of aromatic nitrogens is 4. The van der Waals surface area contributed by atoms with Crippen molar-refractivity contribution in [3.63, 3.8) is 0 Å². The van der Waals surface area contributed by atoms with Crippen LogP contribution in [0.1, 0.15) is 27.6 Å². The van der Waals surface area contributed by atoms with Crippen LogP contribution in [0.25, 0.3) is 5.78 Å². The lowest BCUT2D eigenvalue weighted by atomic mass is 10.1. The first-order valence-electron chi connectivity index (χ1n) is 9.76. The van der Waals surface area contributed by atoms with E-state index in [1.165, 1.54) is 36.3 Å². The number of carbonyl (C=O) groups is 1. The molecule has 2 aromatic heterocycles. The van der Waals surface area contributed by atoms with Crippen LogP contribution in [0.2, 0.25) is 0 Å². The Morgan fingerprint density at radius 3 is 2.66 bits per heavy atom. The number of anilines is 1. The van der Waals surface area contributed by atoms with Gasteiger partial charge in [-0.15, -0.1) is 5.10 Å². The second kappa shape index (κ2) is 8.42. The largest absolute Gasteiger partial charge is 0.495 e. The Bertz CT molecular complexity index is 1330. The molecule has 2 aromatic carbocycles. The van der Waals surface area contributed by atoms with E-state index in [9.17, 15) is 14.9 Å². The maximum absolute atomic E-state index is 13.5. The number of hydrogen-bond acceptors (Lipinski definition) is 7. The molecule has 0 saturated heterocycles. The fourth-order valence-corrected chi connectivity index (χ4v) is 3.44. The van der Waals surface area contributed by atoms with Crippen molar-refractivity contribution in [2.24, 2.45) is 0 Å². The molecule has 10 nitrogen and oxygen atoms in total. The number of carbonyl (C=O) groups excluding carboxylic acids is 1. The first-order valence-corrected chi connectivity index (χ1v) is 9.76. The van der Waals surface area contributed by atoms with Crippen LogP contribution in [0, 0.1) is 24.0 Å². The van der Waals surface area contributed by atoms with Crippen molar-refractivity contribution in [1.29, 1.82) is 0 Å². The Hall–Kier alpha value is -4.34. The van der Waals surface area contributed by atoms with Gasteiger partial charge in [0.15, 0.2) is 5.82 Å². The quantitative estimate of drug-likeness (QED) is 0.338. The molecule has 162 valence electrons. The molecule has 0 aliphatic heterocycles. The summed E-state index contributed by atoms with van der Waals surface area (Å²) in [4.78, 5) is 34.5. The lowest BCUT2D eigenvalue weighted by molar-refractivity contribution is -0.384. The van der Waals surface area contributed by atoms with Crippen molar-refractivity contribution >= 4 is 23.1 Å². The van der Waals surface area contributed by atoms with Crippen LogP contribution in [0.3, 0.4) is 0 Å². The number of non-ortho nitro benzene ring substituents is 1. The number of rotatable bonds is 6. The average Bonchev–Trinajstić information content (AvgIpc) is 3.20. The number of nitro benzene ring substituents is 1. The number of methoxy groups -OCH3 is 1. The van der Waals surface area contributed by atoms with Crippen molar-refractivity contribution < 1.29 is 14.5 Å². The minimum absolute atomic E-state index is 0.0176. The highest BCUT2D eigenvalue weighted by Crippen LogP contribution is 2.30. The number of ether oxygens (including phenoxy) is 1. The van der Waals surface area contributed by atoms with E-state index in [-0.39, 0.29) is 17.8 Å². The zero-order chi connectivity index (χ0) is 22.8. The Morgan fingerprint density at radius 2 is 1.91 bits per heavy atom. The molecule has 0 saturated carbocycles. The molecule has 0 aliphatic rings. The zero-order valence-electron chi connectivity index (χ0n) is 17.7. The van der Waals surface area contributed by atoms with Crippen molar-refractivity contribution in [3.8, 4) is 5.75 Å². The van der Waals surface area contributed by atoms with Gasteiger partial charge in [0, 0.05) is 29.1 Å². The van der Waals surface area contributed by atoms with Gasteiger partial charge < -0.3 is 4.74 Å². The zero-order valence-corrected chi connectivity index (χ0v) is 17.7. The molecule has 0 fully saturated rings. The summed E-state index contributed by atoms with van der Waals surface area (Å²) in [6.07, 6.45) is 0. The van der Waals surface area contributed by atoms with Crippen LogP contribution in [-0.4, -0.2) is 37.5 Å². The van der Waals surface area contributed by atoms with E-state index >= 15 is 0 Å². The highest BCUT2D eigenvalue weighted by molar-refractivity contribution is 6.07. The van der Waals surface area contributed by atoms with Crippen molar-refractivity contribution in [3.05, 3.63) is 87.5 Å². The minimum atomic E-state index is -0.537. The summed E-state index contributed by atoms with van der Waals surface area (Å²) in [6, 6.07) is 14.5. The van der Waals surface area contributed by atoms with E-state index in [2.05, 4.69) is 15.1 Å². The summed E-state index contributed by atoms with van der Waals surface area (Å²) in [5.74, 6) is 0.828. The highest BCUT2D eigenvalue weighted by Gasteiger charge is 2.24. The van der Waals surface area contributed by atoms with E-state index in [1.54, 1.807) is 28.8 Å². The molecule has 1 amide bonds. The Morgan fingerprint density at radius 1 is 1.12 bits per heavy atom. The number of amides is 1. The van der Waals surface area contributed by atoms with E-state index in [0.717, 1.165) is 11.4 Å². The Labute approximate surface area is 183 Å². The molecule has 0 spiro atoms. The molecule has 32 heavy (non-hydrogen) atoms. The molecule has 0 radical (unpaired) electrons. The van der Waals surface area contributed by atoms with Crippen LogP contribution in [0.5, 0.6) is 5.75 Å². The lowest BCUT2D eigenvalue weighted by Crippen LogP contribution is -2.31. The first-order chi connectivity index (χ1) is 15.4. The summed E-state index contributed by atoms with van der Waals surface area (Å²) in [5, 5.41) is 15.7. The fourth-order valence-electron chi connectivity index (χ4n) is 3.44. The van der Waals surface area contributed by atoms with Crippen LogP contribution in [0.15, 0.2) is 54.6 Å². The molecular formula is C22H20N6O4. The predicted molar refractivity (Wildman–Crippen MR) is 117 cm³/mol. The summed E-state index contributed by atoms with van der Waals surface area (Å²) in [5.41, 5.74) is 2.16. The number of aryl methyl sites for hydroxylation is 2. The monoisotopic (exact) mass is 432 g/mol. The average molecular weight is 432 g/mol. The topological polar surface area (TPSA) is 116 Å². The molecular weight excluding hydrogens is 412 g/mol. The smallest absolute Gasteiger partial charge is 0.270 e. The third-order valence-corrected chi connectivity index (χ3v) is 4.89. The summed E-state index contributed by atoms with van der Waals surface area (Å²) in [7, 11) is 1.51. The molecule has 4 rings (SSSR count). The summed E-state index contributed by atoms with van der Waals surface area (Å²) < 4.78 is 7.06. The van der Waals surface area contributed by atoms with E-state index < -0.39 is 10.8 Å². The number of hydrogen-bond donors (Lipinski definition) is 0. The lowest BCUT2D eigenvalue weighted by Gasteiger charge is -2.23. The second-order valence-electron chi connectivity index (χ2n) is 7.15. The third kappa shape index (κ3) is 3.97. The van der Waals surface area contributed by atoms with Crippen LogP contribution in [0.4, 0.5) is 11.4 Å². The number of nitro groups is 1. The molecule has 4 aromatic rings. The first kappa shape index (κ1) is 20.9. The van der Waals surface area contributed by atoms with E-state index in [4.69, 9.17) is 4.74 Å². The van der Waals surface area contributed by atoms with Crippen LogP contribution < -0.4 is 9.64 Å². The van der Waals surface area contributed by atoms with Crippen molar-refractivity contribution in [2.75, 3.05) is 12.0 Å². The van der Waals surface area contributed by atoms with Gasteiger partial charge in [-0.05, 0) is 38.1 Å². The van der Waals surface area contributed by atoms with Gasteiger partial charge in [0.25, 0.3) is 17.4 Å². The molecule has 10 heteroatoms. The number of benzene rings is 2. The molecule has 0 N–H and O–H groups in total. The van der Waals surface area contributed by atoms with Crippen molar-refractivity contribution in [2.45, 2.75) is 20.4 Å². The predicted octanol–water partition coefficient (Wildman–Crippen LogP) is 3.50. The van der Waals surface area contributed by atoms with Gasteiger partial charge in [0.2, 0.25) is 0 Å². The third-order valence-electron chi connectivity index (χ3n) is 4.89. The van der Waals surface area contributed by atoms with E-state index in [0.29, 0.717) is 23.0 Å². The van der Waals surface area contributed by atoms with Crippen LogP contribution in [-0.2, 0) is 6.54 Å². The van der Waals surface area contributed by atoms with Gasteiger partial charge in [0.05, 0.1) is 24.3 Å². The van der Waals surface area contributed by atoms with E-state index in [1.807, 2.05) is 19.9 Å². The number of fused-ring (bicyclic) bond motifs is 1. The maximum atomic E-state index is 13.5. The highest BCUT2D eigenvalue weighted by atomic mass is 16.6. The molecule has 0 aliphatic carbocycles. The van der Waals surface area contributed by atoms with Gasteiger partial charge in [-0.3, -0.25) is 19.8 Å². The molecule has 0 unspecified atom stereocenters. The normalized spacial score (nSPS) is 10.8. The molecule has 0 atom stereocenters. The van der Waals surface area contributed by atoms with Gasteiger partial charge in [0.1, 0.15) is 5.75 Å². The number of para-hydroxylation sites is 2. The fraction of sp³-hybridized carbons (Fsp3) is 0.182. The van der Waals surface area contributed by atoms with Crippen molar-refractivity contribution in [1.82, 2.24) is 19.6 Å². The number of nitrogens with zero attached hydrogens (tertiary/aromatic N) is 6. The standard InChI is InChI=1S/C22H20N6O4/c1-14-11-15(2)27-22(23-14)24-20(25-27)13-26(18-9-4-5-10-19(18)32-3)21(29)16-7-6-8-17(12-16)28(30)31/h4-12H,13H2,1-3H3. The SMILES string of the molecule is COc1ccccc1N(Cc1nc2nc(C)cc(C)n2n1)C(=O)c1cccc([N+](=O)[O-])c1. The minimum Gasteiger partial charge on any atom is -0.495 e. The van der Waals surface area contributed by atoms with Crippen LogP contribution >= 0.6 is 0 Å². The maximum Gasteiger partial charge on any atom is 0.270 e. The Kier molecular flexibility index (Phi) is 5.50. The summed E-state index contributed by atoms with van der Waals surface area (Å²) in [6.45, 7) is 3.78. The molecule has 2 heterocycles. The molecule has 0 bridgehead atoms. The summed E-state index contributed by atoms with van der Waals surface area (Å²) >= 11 is 0. The van der Waals surface area contributed by atoms with Gasteiger partial charge in [-0.2, -0.15) is 4.98 Å². The second-order valence-corrected chi connectivity index (χ2v) is 7.15.